The number of nitrogens with one attached hydrogen (secondary N) is 1. The average Bonchev–Trinajstić information content (AvgIpc) is 3.97. The van der Waals surface area contributed by atoms with Gasteiger partial charge in [-0.05, 0) is 76.9 Å². The van der Waals surface area contributed by atoms with Gasteiger partial charge in [0.2, 0.25) is 17.8 Å². The van der Waals surface area contributed by atoms with Gasteiger partial charge >= 0.3 is 0 Å². The summed E-state index contributed by atoms with van der Waals surface area (Å²) in [5.41, 5.74) is 17.1. The van der Waals surface area contributed by atoms with E-state index in [9.17, 15) is 19.5 Å². The number of aliphatic hydroxyl groups is 1. The third-order valence-corrected chi connectivity index (χ3v) is 10.3. The van der Waals surface area contributed by atoms with E-state index in [0.29, 0.717) is 107 Å². The molecule has 58 heavy (non-hydrogen) atoms. The van der Waals surface area contributed by atoms with E-state index in [1.807, 2.05) is 43.0 Å². The van der Waals surface area contributed by atoms with Gasteiger partial charge in [0, 0.05) is 60.8 Å². The highest BCUT2D eigenvalue weighted by Crippen LogP contribution is 2.40. The second-order valence-electron chi connectivity index (χ2n) is 14.3. The Morgan fingerprint density at radius 2 is 1.66 bits per heavy atom. The summed E-state index contributed by atoms with van der Waals surface area (Å²) in [4.78, 5) is 53.1. The lowest BCUT2D eigenvalue weighted by atomic mass is 10.1. The van der Waals surface area contributed by atoms with Crippen molar-refractivity contribution in [1.29, 1.82) is 0 Å². The van der Waals surface area contributed by atoms with Gasteiger partial charge in [0.15, 0.2) is 5.82 Å². The van der Waals surface area contributed by atoms with Crippen LogP contribution in [0.15, 0.2) is 42.6 Å². The molecule has 0 saturated carbocycles. The Kier molecular flexibility index (Phi) is 10.0. The molecule has 18 nitrogen and oxygen atoms in total. The molecule has 0 radical (unpaired) electrons. The van der Waals surface area contributed by atoms with E-state index >= 15 is 0 Å². The number of ether oxygens (including phenoxy) is 2. The third-order valence-electron chi connectivity index (χ3n) is 10.3. The van der Waals surface area contributed by atoms with Crippen molar-refractivity contribution in [3.63, 3.8) is 0 Å². The minimum Gasteiger partial charge on any atom is -0.491 e. The number of aryl methyl sites for hydroxylation is 5. The number of rotatable bonds is 15. The molecule has 0 unspecified atom stereocenters. The van der Waals surface area contributed by atoms with Crippen LogP contribution in [-0.2, 0) is 19.6 Å². The van der Waals surface area contributed by atoms with E-state index in [1.165, 1.54) is 0 Å². The minimum atomic E-state index is -0.624. The molecule has 1 aliphatic rings. The topological polar surface area (TPSA) is 238 Å². The number of imidazole rings is 1. The lowest BCUT2D eigenvalue weighted by Crippen LogP contribution is -2.26. The van der Waals surface area contributed by atoms with Crippen molar-refractivity contribution < 1.29 is 29.0 Å². The van der Waals surface area contributed by atoms with Gasteiger partial charge in [0.1, 0.15) is 40.7 Å². The summed E-state index contributed by atoms with van der Waals surface area (Å²) in [6, 6.07) is 9.93. The van der Waals surface area contributed by atoms with Gasteiger partial charge in [0.25, 0.3) is 5.91 Å². The summed E-state index contributed by atoms with van der Waals surface area (Å²) < 4.78 is 20.0. The van der Waals surface area contributed by atoms with Crippen LogP contribution in [0.1, 0.15) is 81.7 Å². The maximum atomic E-state index is 13.7. The van der Waals surface area contributed by atoms with Gasteiger partial charge in [-0.1, -0.05) is 0 Å². The predicted octanol–water partition coefficient (Wildman–Crippen LogP) is 4.28. The highest BCUT2D eigenvalue weighted by molar-refractivity contribution is 6.12. The zero-order chi connectivity index (χ0) is 40.8. The second kappa shape index (κ2) is 15.3. The normalized spacial score (nSPS) is 13.7. The summed E-state index contributed by atoms with van der Waals surface area (Å²) in [5.74, 6) is 0.0457. The zero-order valence-electron chi connectivity index (χ0n) is 32.7. The molecule has 6 N–H and O–H groups in total. The first-order valence-electron chi connectivity index (χ1n) is 19.2. The van der Waals surface area contributed by atoms with Crippen LogP contribution in [0.5, 0.6) is 11.5 Å². The molecule has 0 spiro atoms. The van der Waals surface area contributed by atoms with Crippen molar-refractivity contribution in [3.05, 3.63) is 70.8 Å². The van der Waals surface area contributed by atoms with E-state index in [-0.39, 0.29) is 42.9 Å². The molecule has 3 amide bonds. The van der Waals surface area contributed by atoms with Crippen molar-refractivity contribution in [2.75, 3.05) is 25.1 Å². The number of nitrogens with zero attached hydrogens (tertiary/aromatic N) is 9. The van der Waals surface area contributed by atoms with Crippen LogP contribution in [-0.4, -0.2) is 86.3 Å². The molecule has 2 aromatic carbocycles. The molecule has 0 aliphatic carbocycles. The number of hydrogen-bond donors (Lipinski definition) is 4. The number of benzene rings is 2. The number of hydrogen-bond acceptors (Lipinski definition) is 11. The van der Waals surface area contributed by atoms with Crippen molar-refractivity contribution in [2.24, 2.45) is 11.5 Å². The Bertz CT molecular complexity index is 2760. The number of nitrogens with two attached hydrogens (primary N) is 2. The quantitative estimate of drug-likeness (QED) is 0.107. The van der Waals surface area contributed by atoms with Gasteiger partial charge in [-0.25, -0.2) is 15.0 Å². The molecule has 5 aromatic heterocycles. The minimum absolute atomic E-state index is 0.0662. The molecule has 7 aromatic rings. The van der Waals surface area contributed by atoms with Crippen LogP contribution in [0, 0.1) is 13.8 Å². The summed E-state index contributed by atoms with van der Waals surface area (Å²) in [6.07, 6.45) is 3.29. The monoisotopic (exact) mass is 788 g/mol. The van der Waals surface area contributed by atoms with Crippen molar-refractivity contribution in [3.8, 4) is 23.0 Å². The van der Waals surface area contributed by atoms with Gasteiger partial charge in [-0.3, -0.25) is 29.1 Å². The van der Waals surface area contributed by atoms with Crippen molar-refractivity contribution >= 4 is 56.6 Å². The van der Waals surface area contributed by atoms with Crippen LogP contribution < -0.4 is 26.3 Å². The Morgan fingerprint density at radius 1 is 0.914 bits per heavy atom. The van der Waals surface area contributed by atoms with E-state index in [2.05, 4.69) is 20.1 Å². The Hall–Kier alpha value is -6.82. The maximum absolute atomic E-state index is 13.7. The molecule has 8 rings (SSSR count). The maximum Gasteiger partial charge on any atom is 0.276 e. The SMILES string of the molecule is CCn1nc(C)cc1C(=O)Nc1nc2cc(C(N)=O)cc3c2n1[C@@H](CCCn1c2nc(-c4cc(C)nn4CC)ncc2c2cc(C(N)=O)cc(OCCCO)c21)CO3. The average molecular weight is 789 g/mol. The fourth-order valence-corrected chi connectivity index (χ4v) is 7.76. The highest BCUT2D eigenvalue weighted by atomic mass is 16.5. The predicted molar refractivity (Wildman–Crippen MR) is 215 cm³/mol. The van der Waals surface area contributed by atoms with Crippen molar-refractivity contribution in [2.45, 2.75) is 72.6 Å². The number of anilines is 1. The Morgan fingerprint density at radius 3 is 2.40 bits per heavy atom. The molecule has 0 fully saturated rings. The Labute approximate surface area is 331 Å². The molecule has 1 atom stereocenters. The molecular weight excluding hydrogens is 745 g/mol. The highest BCUT2D eigenvalue weighted by Gasteiger charge is 2.30. The van der Waals surface area contributed by atoms with E-state index < -0.39 is 11.8 Å². The lowest BCUT2D eigenvalue weighted by molar-refractivity contribution is 0.0991. The lowest BCUT2D eigenvalue weighted by Gasteiger charge is -2.27. The van der Waals surface area contributed by atoms with Crippen LogP contribution in [0.4, 0.5) is 5.95 Å². The first kappa shape index (κ1) is 38.1. The Balaban J connectivity index is 1.20. The van der Waals surface area contributed by atoms with E-state index in [1.54, 1.807) is 41.2 Å². The number of carbonyl (C=O) groups is 3. The van der Waals surface area contributed by atoms with Crippen LogP contribution in [0.25, 0.3) is 44.5 Å². The van der Waals surface area contributed by atoms with Gasteiger partial charge in [-0.15, -0.1) is 0 Å². The second-order valence-corrected chi connectivity index (χ2v) is 14.3. The number of aliphatic hydroxyl groups excluding tert-OH is 1. The summed E-state index contributed by atoms with van der Waals surface area (Å²) in [7, 11) is 0. The molecule has 0 saturated heterocycles. The van der Waals surface area contributed by atoms with Crippen molar-refractivity contribution in [1.82, 2.24) is 43.6 Å². The van der Waals surface area contributed by atoms with E-state index in [4.69, 9.17) is 35.9 Å². The molecule has 1 aliphatic heterocycles. The summed E-state index contributed by atoms with van der Waals surface area (Å²) in [6.45, 7) is 9.61. The number of aromatic nitrogens is 9. The number of fused-ring (bicyclic) bond motifs is 3. The first-order valence-corrected chi connectivity index (χ1v) is 19.2. The largest absolute Gasteiger partial charge is 0.491 e. The molecule has 18 heteroatoms. The van der Waals surface area contributed by atoms with Crippen LogP contribution >= 0.6 is 0 Å². The first-order chi connectivity index (χ1) is 28.0. The fraction of sp³-hybridized carbons (Fsp3) is 0.350. The molecule has 300 valence electrons. The smallest absolute Gasteiger partial charge is 0.276 e. The molecule has 0 bridgehead atoms. The van der Waals surface area contributed by atoms with Gasteiger partial charge < -0.3 is 35.2 Å². The van der Waals surface area contributed by atoms with E-state index in [0.717, 1.165) is 11.4 Å². The number of amides is 3. The van der Waals surface area contributed by atoms with Gasteiger partial charge in [0.05, 0.1) is 35.1 Å². The zero-order valence-corrected chi connectivity index (χ0v) is 32.7. The fourth-order valence-electron chi connectivity index (χ4n) is 7.76. The standard InChI is InChI=1S/C40H44N12O6/c1-5-50-29(13-21(3)47-50)37-43-19-27-26-15-23(35(41)54)17-31(57-12-8-11-53)33(26)49(38(27)45-37)10-7-9-25-20-58-32-18-24(36(42)55)16-28-34(32)52(25)40(44-28)46-39(56)30-14-22(4)48-51(30)6-2/h13-19,25,53H,5-12,20H2,1-4H3,(H2,41,54)(H2,42,55)(H,44,46,56)/t25-/m0/s1. The summed E-state index contributed by atoms with van der Waals surface area (Å²) in [5, 5.41) is 23.0. The number of primary amides is 2. The van der Waals surface area contributed by atoms with Crippen LogP contribution in [0.3, 0.4) is 0 Å². The van der Waals surface area contributed by atoms with Crippen LogP contribution in [0.2, 0.25) is 0 Å². The molecular formula is C40H44N12O6. The third kappa shape index (κ3) is 6.74. The molecule has 6 heterocycles. The summed E-state index contributed by atoms with van der Waals surface area (Å²) >= 11 is 0. The number of carbonyl (C=O) groups excluding carboxylic acids is 3. The van der Waals surface area contributed by atoms with Gasteiger partial charge in [-0.2, -0.15) is 10.2 Å².